The predicted molar refractivity (Wildman–Crippen MR) is 80.3 cm³/mol. The molecule has 5 heteroatoms. The van der Waals surface area contributed by atoms with Crippen LogP contribution in [0.25, 0.3) is 0 Å². The van der Waals surface area contributed by atoms with Crippen LogP contribution in [0.3, 0.4) is 0 Å². The fourth-order valence-electron chi connectivity index (χ4n) is 2.72. The number of carbonyl (C=O) groups is 2. The molecular formula is C16H22N2O3. The molecule has 0 aliphatic heterocycles. The van der Waals surface area contributed by atoms with E-state index < -0.39 is 5.97 Å². The third-order valence-corrected chi connectivity index (χ3v) is 3.77. The van der Waals surface area contributed by atoms with E-state index >= 15 is 0 Å². The molecule has 0 bridgehead atoms. The Balaban J connectivity index is 1.88. The Bertz CT molecular complexity index is 528. The Kier molecular flexibility index (Phi) is 5.20. The lowest BCUT2D eigenvalue weighted by Crippen LogP contribution is -2.39. The number of fused-ring (bicyclic) bond motifs is 1. The molecule has 3 N–H and O–H groups in total. The van der Waals surface area contributed by atoms with Gasteiger partial charge in [0.25, 0.3) is 0 Å². The predicted octanol–water partition coefficient (Wildman–Crippen LogP) is 2.54. The van der Waals surface area contributed by atoms with Crippen molar-refractivity contribution in [2.45, 2.75) is 45.1 Å². The van der Waals surface area contributed by atoms with E-state index in [1.54, 1.807) is 0 Å². The zero-order chi connectivity index (χ0) is 15.2. The Morgan fingerprint density at radius 3 is 2.95 bits per heavy atom. The summed E-state index contributed by atoms with van der Waals surface area (Å²) in [7, 11) is 0. The zero-order valence-corrected chi connectivity index (χ0v) is 12.3. The fraction of sp³-hybridized carbons (Fsp3) is 0.500. The molecule has 1 aromatic rings. The zero-order valence-electron chi connectivity index (χ0n) is 12.3. The summed E-state index contributed by atoms with van der Waals surface area (Å²) in [5.41, 5.74) is 3.72. The number of urea groups is 1. The Morgan fingerprint density at radius 2 is 2.19 bits per heavy atom. The Hall–Kier alpha value is -2.04. The first-order chi connectivity index (χ1) is 10.1. The van der Waals surface area contributed by atoms with Gasteiger partial charge in [0.05, 0.1) is 6.04 Å². The molecule has 0 spiro atoms. The highest BCUT2D eigenvalue weighted by Gasteiger charge is 2.21. The number of carbonyl (C=O) groups excluding carboxylic acids is 1. The van der Waals surface area contributed by atoms with Crippen molar-refractivity contribution in [3.8, 4) is 0 Å². The Morgan fingerprint density at radius 1 is 1.38 bits per heavy atom. The van der Waals surface area contributed by atoms with Crippen molar-refractivity contribution in [2.24, 2.45) is 0 Å². The van der Waals surface area contributed by atoms with Gasteiger partial charge in [0.15, 0.2) is 0 Å². The molecule has 2 amide bonds. The van der Waals surface area contributed by atoms with E-state index in [2.05, 4.69) is 35.8 Å². The number of aryl methyl sites for hydroxylation is 2. The van der Waals surface area contributed by atoms with Gasteiger partial charge in [-0.3, -0.25) is 4.79 Å². The van der Waals surface area contributed by atoms with Crippen molar-refractivity contribution in [1.29, 1.82) is 0 Å². The second-order valence-electron chi connectivity index (χ2n) is 5.54. The maximum Gasteiger partial charge on any atom is 0.315 e. The van der Waals surface area contributed by atoms with Crippen molar-refractivity contribution >= 4 is 12.0 Å². The van der Waals surface area contributed by atoms with Gasteiger partial charge in [0.2, 0.25) is 0 Å². The van der Waals surface area contributed by atoms with Crippen LogP contribution in [-0.4, -0.2) is 23.7 Å². The lowest BCUT2D eigenvalue weighted by molar-refractivity contribution is -0.137. The monoisotopic (exact) mass is 290 g/mol. The summed E-state index contributed by atoms with van der Waals surface area (Å²) in [6, 6.07) is 6.22. The van der Waals surface area contributed by atoms with Crippen LogP contribution in [0, 0.1) is 6.92 Å². The lowest BCUT2D eigenvalue weighted by Gasteiger charge is -2.27. The number of benzene rings is 1. The molecule has 0 saturated heterocycles. The van der Waals surface area contributed by atoms with Crippen LogP contribution >= 0.6 is 0 Å². The molecule has 1 aliphatic rings. The first kappa shape index (κ1) is 15.4. The lowest BCUT2D eigenvalue weighted by atomic mass is 9.87. The highest BCUT2D eigenvalue weighted by Crippen LogP contribution is 2.30. The van der Waals surface area contributed by atoms with Crippen molar-refractivity contribution in [3.63, 3.8) is 0 Å². The first-order valence-corrected chi connectivity index (χ1v) is 7.42. The SMILES string of the molecule is Cc1ccc2c(c1)[C@@H](NC(=O)NCCCC(=O)O)CCC2. The second-order valence-corrected chi connectivity index (χ2v) is 5.54. The fourth-order valence-corrected chi connectivity index (χ4v) is 2.72. The summed E-state index contributed by atoms with van der Waals surface area (Å²) in [6.45, 7) is 2.43. The number of rotatable bonds is 5. The van der Waals surface area contributed by atoms with E-state index in [9.17, 15) is 9.59 Å². The Labute approximate surface area is 124 Å². The van der Waals surface area contributed by atoms with Crippen LogP contribution in [0.5, 0.6) is 0 Å². The van der Waals surface area contributed by atoms with Gasteiger partial charge in [-0.15, -0.1) is 0 Å². The average Bonchev–Trinajstić information content (AvgIpc) is 2.44. The van der Waals surface area contributed by atoms with Crippen LogP contribution in [0.4, 0.5) is 4.79 Å². The molecule has 0 unspecified atom stereocenters. The second kappa shape index (κ2) is 7.11. The molecule has 0 radical (unpaired) electrons. The van der Waals surface area contributed by atoms with E-state index in [0.29, 0.717) is 13.0 Å². The minimum absolute atomic E-state index is 0.0492. The largest absolute Gasteiger partial charge is 0.481 e. The maximum absolute atomic E-state index is 11.9. The summed E-state index contributed by atoms with van der Waals surface area (Å²) >= 11 is 0. The van der Waals surface area contributed by atoms with Crippen LogP contribution in [-0.2, 0) is 11.2 Å². The molecule has 5 nitrogen and oxygen atoms in total. The first-order valence-electron chi connectivity index (χ1n) is 7.42. The van der Waals surface area contributed by atoms with Crippen LogP contribution < -0.4 is 10.6 Å². The summed E-state index contributed by atoms with van der Waals surface area (Å²) < 4.78 is 0. The molecular weight excluding hydrogens is 268 g/mol. The molecule has 0 aromatic heterocycles. The van der Waals surface area contributed by atoms with Gasteiger partial charge in [-0.1, -0.05) is 23.8 Å². The highest BCUT2D eigenvalue weighted by atomic mass is 16.4. The van der Waals surface area contributed by atoms with Crippen molar-refractivity contribution in [3.05, 3.63) is 34.9 Å². The number of hydrogen-bond donors (Lipinski definition) is 3. The highest BCUT2D eigenvalue weighted by molar-refractivity contribution is 5.74. The summed E-state index contributed by atoms with van der Waals surface area (Å²) in [4.78, 5) is 22.3. The quantitative estimate of drug-likeness (QED) is 0.729. The van der Waals surface area contributed by atoms with E-state index in [-0.39, 0.29) is 18.5 Å². The number of carboxylic acid groups (broad SMARTS) is 1. The number of aliphatic carboxylic acids is 1. The van der Waals surface area contributed by atoms with Gasteiger partial charge < -0.3 is 15.7 Å². The standard InChI is InChI=1S/C16H22N2O3/c1-11-7-8-12-4-2-5-14(13(12)10-11)18-16(21)17-9-3-6-15(19)20/h7-8,10,14H,2-6,9H2,1H3,(H,19,20)(H2,17,18,21)/t14-/m0/s1. The number of hydrogen-bond acceptors (Lipinski definition) is 2. The molecule has 1 aromatic carbocycles. The van der Waals surface area contributed by atoms with Gasteiger partial charge >= 0.3 is 12.0 Å². The molecule has 2 rings (SSSR count). The number of carboxylic acids is 1. The van der Waals surface area contributed by atoms with Crippen molar-refractivity contribution < 1.29 is 14.7 Å². The molecule has 114 valence electrons. The van der Waals surface area contributed by atoms with Crippen molar-refractivity contribution in [1.82, 2.24) is 10.6 Å². The average molecular weight is 290 g/mol. The smallest absolute Gasteiger partial charge is 0.315 e. The summed E-state index contributed by atoms with van der Waals surface area (Å²) in [6.07, 6.45) is 3.60. The van der Waals surface area contributed by atoms with E-state index in [1.165, 1.54) is 16.7 Å². The topological polar surface area (TPSA) is 78.4 Å². The van der Waals surface area contributed by atoms with Crippen molar-refractivity contribution in [2.75, 3.05) is 6.54 Å². The number of amides is 2. The maximum atomic E-state index is 11.9. The van der Waals surface area contributed by atoms with Gasteiger partial charge in [-0.2, -0.15) is 0 Å². The van der Waals surface area contributed by atoms with E-state index in [1.807, 2.05) is 0 Å². The molecule has 0 saturated carbocycles. The molecule has 1 aliphatic carbocycles. The summed E-state index contributed by atoms with van der Waals surface area (Å²) in [5.74, 6) is -0.839. The third-order valence-electron chi connectivity index (χ3n) is 3.77. The molecule has 1 atom stereocenters. The third kappa shape index (κ3) is 4.48. The minimum Gasteiger partial charge on any atom is -0.481 e. The number of nitrogens with one attached hydrogen (secondary N) is 2. The minimum atomic E-state index is -0.839. The molecule has 0 fully saturated rings. The van der Waals surface area contributed by atoms with Crippen LogP contribution in [0.2, 0.25) is 0 Å². The normalized spacial score (nSPS) is 16.9. The van der Waals surface area contributed by atoms with E-state index in [0.717, 1.165) is 19.3 Å². The van der Waals surface area contributed by atoms with Crippen LogP contribution in [0.15, 0.2) is 18.2 Å². The molecule has 21 heavy (non-hydrogen) atoms. The van der Waals surface area contributed by atoms with E-state index in [4.69, 9.17) is 5.11 Å². The van der Waals surface area contributed by atoms with Crippen LogP contribution in [0.1, 0.15) is 48.4 Å². The molecule has 0 heterocycles. The summed E-state index contributed by atoms with van der Waals surface area (Å²) in [5, 5.41) is 14.3. The van der Waals surface area contributed by atoms with Gasteiger partial charge in [0.1, 0.15) is 0 Å². The van der Waals surface area contributed by atoms with Gasteiger partial charge in [0, 0.05) is 13.0 Å². The van der Waals surface area contributed by atoms with Gasteiger partial charge in [-0.25, -0.2) is 4.79 Å². The van der Waals surface area contributed by atoms with Gasteiger partial charge in [-0.05, 0) is 43.7 Å².